The quantitative estimate of drug-likeness (QED) is 0.366. The molecule has 0 unspecified atom stereocenters. The first-order valence-electron chi connectivity index (χ1n) is 12.0. The molecule has 14 heteroatoms. The van der Waals surface area contributed by atoms with Gasteiger partial charge in [-0.05, 0) is 56.9 Å². The molecule has 202 valence electrons. The second kappa shape index (κ2) is 7.50. The van der Waals surface area contributed by atoms with E-state index in [2.05, 4.69) is 20.5 Å². The van der Waals surface area contributed by atoms with Crippen molar-refractivity contribution < 1.29 is 31.1 Å². The number of nitrogens with zero attached hydrogens (tertiary/aromatic N) is 5. The SMILES string of the molecule is Cc1nnc2nc(N[C@H](C)c3cc(N)cc(C(F)(F)F)c3)c3c(n12)CN(C(=O)C12CC(C(F)(F)F)(C1)C2)C3. The highest BCUT2D eigenvalue weighted by Gasteiger charge is 2.81. The molecule has 3 saturated carbocycles. The van der Waals surface area contributed by atoms with Crippen molar-refractivity contribution >= 4 is 23.2 Å². The van der Waals surface area contributed by atoms with Crippen molar-refractivity contribution in [1.29, 1.82) is 0 Å². The third kappa shape index (κ3) is 3.44. The highest BCUT2D eigenvalue weighted by Crippen LogP contribution is 2.79. The molecule has 38 heavy (non-hydrogen) atoms. The van der Waals surface area contributed by atoms with Crippen LogP contribution >= 0.6 is 0 Å². The second-order valence-corrected chi connectivity index (χ2v) is 10.8. The van der Waals surface area contributed by atoms with Crippen molar-refractivity contribution in [3.05, 3.63) is 46.4 Å². The fourth-order valence-electron chi connectivity index (χ4n) is 6.23. The van der Waals surface area contributed by atoms with Gasteiger partial charge in [0.15, 0.2) is 0 Å². The van der Waals surface area contributed by atoms with E-state index in [9.17, 15) is 31.1 Å². The van der Waals surface area contributed by atoms with Gasteiger partial charge in [-0.1, -0.05) is 0 Å². The third-order valence-corrected chi connectivity index (χ3v) is 8.14. The maximum atomic E-state index is 13.4. The molecule has 2 aromatic heterocycles. The Morgan fingerprint density at radius 2 is 1.76 bits per heavy atom. The number of nitrogens with two attached hydrogens (primary N) is 1. The zero-order valence-electron chi connectivity index (χ0n) is 20.3. The van der Waals surface area contributed by atoms with Crippen molar-refractivity contribution in [1.82, 2.24) is 24.5 Å². The first-order chi connectivity index (χ1) is 17.6. The Labute approximate surface area is 212 Å². The van der Waals surface area contributed by atoms with Crippen LogP contribution in [-0.4, -0.2) is 36.6 Å². The number of hydrogen-bond donors (Lipinski definition) is 2. The summed E-state index contributed by atoms with van der Waals surface area (Å²) in [5, 5.41) is 11.2. The Bertz CT molecular complexity index is 1470. The number of aryl methyl sites for hydroxylation is 1. The van der Waals surface area contributed by atoms with Gasteiger partial charge in [-0.15, -0.1) is 10.2 Å². The molecule has 1 aromatic carbocycles. The van der Waals surface area contributed by atoms with Crippen LogP contribution < -0.4 is 11.1 Å². The maximum Gasteiger partial charge on any atom is 0.416 e. The number of alkyl halides is 6. The molecule has 3 heterocycles. The van der Waals surface area contributed by atoms with Gasteiger partial charge in [0, 0.05) is 11.3 Å². The lowest BCUT2D eigenvalue weighted by Gasteiger charge is -2.69. The molecule has 3 N–H and O–H groups in total. The molecule has 7 rings (SSSR count). The number of carbonyl (C=O) groups is 1. The minimum atomic E-state index is -4.58. The second-order valence-electron chi connectivity index (χ2n) is 10.8. The normalized spacial score (nSPS) is 25.1. The molecule has 1 atom stereocenters. The van der Waals surface area contributed by atoms with Gasteiger partial charge in [0.25, 0.3) is 5.78 Å². The third-order valence-electron chi connectivity index (χ3n) is 8.14. The predicted molar refractivity (Wildman–Crippen MR) is 122 cm³/mol. The Morgan fingerprint density at radius 1 is 1.08 bits per heavy atom. The lowest BCUT2D eigenvalue weighted by atomic mass is 9.34. The number of halogens is 6. The lowest BCUT2D eigenvalue weighted by molar-refractivity contribution is -0.353. The summed E-state index contributed by atoms with van der Waals surface area (Å²) in [7, 11) is 0. The highest BCUT2D eigenvalue weighted by atomic mass is 19.4. The average molecular weight is 539 g/mol. The monoisotopic (exact) mass is 539 g/mol. The number of nitrogens with one attached hydrogen (secondary N) is 1. The number of amides is 1. The Kier molecular flexibility index (Phi) is 4.89. The van der Waals surface area contributed by atoms with E-state index in [1.807, 2.05) is 0 Å². The zero-order chi connectivity index (χ0) is 27.4. The molecule has 0 saturated heterocycles. The van der Waals surface area contributed by atoms with Crippen molar-refractivity contribution in [2.45, 2.75) is 64.6 Å². The number of nitrogen functional groups attached to an aromatic ring is 1. The number of carbonyl (C=O) groups excluding carboxylic acids is 1. The smallest absolute Gasteiger partial charge is 0.399 e. The van der Waals surface area contributed by atoms with Gasteiger partial charge >= 0.3 is 12.4 Å². The van der Waals surface area contributed by atoms with Gasteiger partial charge < -0.3 is 16.0 Å². The van der Waals surface area contributed by atoms with E-state index >= 15 is 0 Å². The van der Waals surface area contributed by atoms with Crippen molar-refractivity contribution in [2.75, 3.05) is 11.1 Å². The van der Waals surface area contributed by atoms with E-state index in [-0.39, 0.29) is 55.3 Å². The van der Waals surface area contributed by atoms with E-state index in [0.29, 0.717) is 22.9 Å². The van der Waals surface area contributed by atoms with E-state index in [0.717, 1.165) is 12.1 Å². The minimum Gasteiger partial charge on any atom is -0.399 e. The fraction of sp³-hybridized carbons (Fsp3) is 0.500. The van der Waals surface area contributed by atoms with E-state index in [1.165, 1.54) is 11.0 Å². The number of hydrogen-bond acceptors (Lipinski definition) is 6. The zero-order valence-corrected chi connectivity index (χ0v) is 20.3. The van der Waals surface area contributed by atoms with Crippen LogP contribution in [0, 0.1) is 17.8 Å². The van der Waals surface area contributed by atoms with Crippen LogP contribution in [-0.2, 0) is 24.1 Å². The number of rotatable bonds is 4. The van der Waals surface area contributed by atoms with Crippen LogP contribution in [0.3, 0.4) is 0 Å². The summed E-state index contributed by atoms with van der Waals surface area (Å²) in [6, 6.07) is 2.64. The summed E-state index contributed by atoms with van der Waals surface area (Å²) in [6.07, 6.45) is -9.50. The summed E-state index contributed by atoms with van der Waals surface area (Å²) in [5.41, 5.74) is 3.60. The van der Waals surface area contributed by atoms with Crippen molar-refractivity contribution in [3.63, 3.8) is 0 Å². The molecule has 0 radical (unpaired) electrons. The van der Waals surface area contributed by atoms with Gasteiger partial charge in [0.2, 0.25) is 5.91 Å². The van der Waals surface area contributed by atoms with E-state index < -0.39 is 34.8 Å². The van der Waals surface area contributed by atoms with Gasteiger partial charge in [0.05, 0.1) is 41.2 Å². The fourth-order valence-corrected chi connectivity index (χ4v) is 6.23. The highest BCUT2D eigenvalue weighted by molar-refractivity contribution is 5.87. The predicted octanol–water partition coefficient (Wildman–Crippen LogP) is 4.78. The topological polar surface area (TPSA) is 101 Å². The van der Waals surface area contributed by atoms with Gasteiger partial charge in [-0.2, -0.15) is 31.3 Å². The molecular weight excluding hydrogens is 516 g/mol. The van der Waals surface area contributed by atoms with Gasteiger partial charge in [-0.25, -0.2) is 0 Å². The lowest BCUT2D eigenvalue weighted by Crippen LogP contribution is -2.72. The molecular formula is C24H23F6N7O. The summed E-state index contributed by atoms with van der Waals surface area (Å²) in [5.74, 6) is 0.728. The molecule has 3 fully saturated rings. The number of aromatic nitrogens is 4. The maximum absolute atomic E-state index is 13.4. The van der Waals surface area contributed by atoms with E-state index in [1.54, 1.807) is 18.2 Å². The van der Waals surface area contributed by atoms with Crippen molar-refractivity contribution in [2.24, 2.45) is 10.8 Å². The van der Waals surface area contributed by atoms with Gasteiger partial charge in [-0.3, -0.25) is 9.20 Å². The Balaban J connectivity index is 1.30. The largest absolute Gasteiger partial charge is 0.416 e. The summed E-state index contributed by atoms with van der Waals surface area (Å²) in [4.78, 5) is 19.4. The summed E-state index contributed by atoms with van der Waals surface area (Å²) < 4.78 is 81.7. The van der Waals surface area contributed by atoms with Crippen LogP contribution in [0.25, 0.3) is 5.78 Å². The van der Waals surface area contributed by atoms with Crippen LogP contribution in [0.15, 0.2) is 18.2 Å². The summed E-state index contributed by atoms with van der Waals surface area (Å²) >= 11 is 0. The number of anilines is 2. The summed E-state index contributed by atoms with van der Waals surface area (Å²) in [6.45, 7) is 3.59. The Hall–Kier alpha value is -3.58. The van der Waals surface area contributed by atoms with Crippen LogP contribution in [0.1, 0.15) is 60.4 Å². The number of fused-ring (bicyclic) bond motifs is 3. The molecule has 4 aliphatic rings. The molecule has 3 aromatic rings. The first kappa shape index (κ1) is 24.7. The standard InChI is InChI=1S/C24H23F6N7O/c1-11(13-3-14(23(25,26)27)5-15(31)4-13)32-18-16-6-36(7-17(16)37-12(2)34-35-20(37)33-18)19(38)21-8-22(9-21,10-21)24(28,29)30/h3-5,11H,6-10,31H2,1-2H3,(H,32,33,35)/t11-,21?,22?/m1/s1. The molecule has 0 spiro atoms. The molecule has 8 nitrogen and oxygen atoms in total. The molecule has 2 bridgehead atoms. The van der Waals surface area contributed by atoms with Crippen LogP contribution in [0.2, 0.25) is 0 Å². The van der Waals surface area contributed by atoms with Crippen molar-refractivity contribution in [3.8, 4) is 0 Å². The van der Waals surface area contributed by atoms with E-state index in [4.69, 9.17) is 5.73 Å². The molecule has 1 amide bonds. The molecule has 3 aliphatic carbocycles. The minimum absolute atomic E-state index is 0.0443. The number of benzene rings is 1. The Morgan fingerprint density at radius 3 is 2.39 bits per heavy atom. The first-order valence-corrected chi connectivity index (χ1v) is 12.0. The van der Waals surface area contributed by atoms with Crippen LogP contribution in [0.5, 0.6) is 0 Å². The van der Waals surface area contributed by atoms with Crippen LogP contribution in [0.4, 0.5) is 37.8 Å². The van der Waals surface area contributed by atoms with Gasteiger partial charge in [0.1, 0.15) is 11.6 Å². The molecule has 1 aliphatic heterocycles. The average Bonchev–Trinajstić information content (AvgIpc) is 3.33.